The molecule has 0 aliphatic rings. The van der Waals surface area contributed by atoms with Crippen molar-refractivity contribution in [2.75, 3.05) is 39.6 Å². The Balaban J connectivity index is 4.59. The summed E-state index contributed by atoms with van der Waals surface area (Å²) in [5.74, 6) is -1.60. The van der Waals surface area contributed by atoms with Crippen molar-refractivity contribution in [3.05, 3.63) is 72.9 Å². The molecule has 0 aromatic carbocycles. The third-order valence-corrected chi connectivity index (χ3v) is 15.3. The van der Waals surface area contributed by atoms with E-state index in [2.05, 4.69) is 93.7 Å². The molecular weight excluding hydrogens is 1100 g/mol. The van der Waals surface area contributed by atoms with Crippen LogP contribution < -0.4 is 0 Å². The van der Waals surface area contributed by atoms with Crippen molar-refractivity contribution in [1.29, 1.82) is 0 Å². The predicted molar refractivity (Wildman–Crippen MR) is 335 cm³/mol. The van der Waals surface area contributed by atoms with E-state index in [0.29, 0.717) is 19.3 Å². The second-order valence-corrected chi connectivity index (χ2v) is 24.5. The zero-order chi connectivity index (χ0) is 61.0. The van der Waals surface area contributed by atoms with E-state index in [1.807, 2.05) is 0 Å². The summed E-state index contributed by atoms with van der Waals surface area (Å²) < 4.78 is 60.7. The molecular formula is C65H116O16P2. The van der Waals surface area contributed by atoms with Gasteiger partial charge in [0.2, 0.25) is 0 Å². The summed E-state index contributed by atoms with van der Waals surface area (Å²) in [6, 6.07) is 0. The van der Waals surface area contributed by atoms with Gasteiger partial charge < -0.3 is 34.2 Å². The van der Waals surface area contributed by atoms with E-state index in [1.54, 1.807) is 0 Å². The fourth-order valence-corrected chi connectivity index (χ4v) is 9.99. The van der Waals surface area contributed by atoms with Crippen molar-refractivity contribution in [3.63, 3.8) is 0 Å². The Morgan fingerprint density at radius 1 is 0.337 bits per heavy atom. The highest BCUT2D eigenvalue weighted by atomic mass is 31.2. The number of phosphoric ester groups is 2. The standard InChI is InChI=1S/C65H116O16P2/c1-4-7-10-13-16-19-22-24-26-27-28-29-30-31-33-35-37-39-42-45-48-51-63(68)75-54-60(66)55-77-82(71,72)78-56-61(67)57-79-83(73,74)80-59-62(81-65(70)53-50-47-44-41-36-21-18-15-12-9-6-3)58-76-64(69)52-49-46-43-40-38-34-32-25-23-20-17-14-11-8-5-2/h16-17,19-20,24-26,28-29,31-33,60-62,66-67H,4-15,18,21-23,27,30,34-59H2,1-3H3,(H,71,72)(H,73,74)/b19-16-,20-17-,26-24-,29-28-,32-25-,33-31-. The van der Waals surface area contributed by atoms with Crippen LogP contribution in [0.5, 0.6) is 0 Å². The SMILES string of the molecule is CCCCC/C=C\C/C=C\C/C=C\C/C=C\CCCCCCCC(=O)OCC(O)COP(=O)(O)OCC(O)COP(=O)(O)OCC(COC(=O)CCCCCCC/C=C\C/C=C\CCCCC)OC(=O)CCCCCCCCCCCCC. The van der Waals surface area contributed by atoms with Crippen LogP contribution in [0.4, 0.5) is 0 Å². The van der Waals surface area contributed by atoms with Crippen LogP contribution in [-0.2, 0) is 55.8 Å². The lowest BCUT2D eigenvalue weighted by atomic mass is 10.1. The highest BCUT2D eigenvalue weighted by Gasteiger charge is 2.29. The number of unbranched alkanes of at least 4 members (excludes halogenated alkanes) is 26. The van der Waals surface area contributed by atoms with Crippen molar-refractivity contribution in [1.82, 2.24) is 0 Å². The van der Waals surface area contributed by atoms with Crippen molar-refractivity contribution >= 4 is 33.6 Å². The molecule has 0 fully saturated rings. The zero-order valence-electron chi connectivity index (χ0n) is 51.9. The molecule has 0 rings (SSSR count). The highest BCUT2D eigenvalue weighted by molar-refractivity contribution is 7.47. The summed E-state index contributed by atoms with van der Waals surface area (Å²) >= 11 is 0. The smallest absolute Gasteiger partial charge is 0.463 e. The average Bonchev–Trinajstić information content (AvgIpc) is 3.46. The third kappa shape index (κ3) is 60.5. The topological polar surface area (TPSA) is 231 Å². The van der Waals surface area contributed by atoms with Crippen LogP contribution in [0.1, 0.15) is 265 Å². The van der Waals surface area contributed by atoms with Crippen LogP contribution in [0.3, 0.4) is 0 Å². The number of carbonyl (C=O) groups excluding carboxylic acids is 3. The molecule has 0 radical (unpaired) electrons. The summed E-state index contributed by atoms with van der Waals surface area (Å²) in [5, 5.41) is 20.5. The Morgan fingerprint density at radius 3 is 0.976 bits per heavy atom. The fourth-order valence-electron chi connectivity index (χ4n) is 8.41. The molecule has 0 aliphatic carbocycles. The molecule has 0 aromatic rings. The Bertz CT molecular complexity index is 1820. The lowest BCUT2D eigenvalue weighted by Crippen LogP contribution is -2.30. The number of ether oxygens (including phenoxy) is 3. The molecule has 18 heteroatoms. The first-order valence-corrected chi connectivity index (χ1v) is 35.2. The van der Waals surface area contributed by atoms with Crippen molar-refractivity contribution in [2.24, 2.45) is 0 Å². The highest BCUT2D eigenvalue weighted by Crippen LogP contribution is 2.45. The molecule has 0 saturated heterocycles. The van der Waals surface area contributed by atoms with Crippen LogP contribution in [0.15, 0.2) is 72.9 Å². The van der Waals surface area contributed by atoms with E-state index >= 15 is 0 Å². The number of carbonyl (C=O) groups is 3. The van der Waals surface area contributed by atoms with Crippen LogP contribution >= 0.6 is 15.6 Å². The minimum absolute atomic E-state index is 0.105. The van der Waals surface area contributed by atoms with Gasteiger partial charge in [0, 0.05) is 19.3 Å². The van der Waals surface area contributed by atoms with Gasteiger partial charge in [-0.15, -0.1) is 0 Å². The molecule has 0 spiro atoms. The van der Waals surface area contributed by atoms with Gasteiger partial charge in [0.05, 0.1) is 26.4 Å². The largest absolute Gasteiger partial charge is 0.472 e. The van der Waals surface area contributed by atoms with Gasteiger partial charge in [-0.25, -0.2) is 9.13 Å². The summed E-state index contributed by atoms with van der Waals surface area (Å²) in [6.45, 7) is 2.56. The fraction of sp³-hybridized carbons (Fsp3) is 0.769. The quantitative estimate of drug-likeness (QED) is 0.0146. The molecule has 4 N–H and O–H groups in total. The molecule has 16 nitrogen and oxygen atoms in total. The number of esters is 3. The minimum atomic E-state index is -4.92. The van der Waals surface area contributed by atoms with E-state index in [1.165, 1.54) is 83.5 Å². The number of aliphatic hydroxyl groups is 2. The maximum atomic E-state index is 12.8. The van der Waals surface area contributed by atoms with Gasteiger partial charge in [-0.05, 0) is 96.3 Å². The van der Waals surface area contributed by atoms with E-state index in [0.717, 1.165) is 122 Å². The number of rotatable bonds is 61. The van der Waals surface area contributed by atoms with Gasteiger partial charge in [-0.1, -0.05) is 222 Å². The number of hydrogen-bond donors (Lipinski definition) is 4. The zero-order valence-corrected chi connectivity index (χ0v) is 53.6. The van der Waals surface area contributed by atoms with Gasteiger partial charge in [-0.2, -0.15) is 0 Å². The third-order valence-electron chi connectivity index (χ3n) is 13.4. The first-order chi connectivity index (χ1) is 40.2. The molecule has 0 aromatic heterocycles. The molecule has 83 heavy (non-hydrogen) atoms. The van der Waals surface area contributed by atoms with Crippen LogP contribution in [0.25, 0.3) is 0 Å². The summed E-state index contributed by atoms with van der Waals surface area (Å²) in [6.07, 6.45) is 59.6. The molecule has 5 unspecified atom stereocenters. The van der Waals surface area contributed by atoms with Gasteiger partial charge in [0.1, 0.15) is 25.4 Å². The lowest BCUT2D eigenvalue weighted by molar-refractivity contribution is -0.161. The Kier molecular flexibility index (Phi) is 57.2. The normalized spacial score (nSPS) is 14.8. The maximum Gasteiger partial charge on any atom is 0.472 e. The van der Waals surface area contributed by atoms with Crippen molar-refractivity contribution < 1.29 is 75.8 Å². The Hall–Kier alpha value is -3.01. The minimum Gasteiger partial charge on any atom is -0.463 e. The molecule has 482 valence electrons. The van der Waals surface area contributed by atoms with Crippen molar-refractivity contribution in [3.8, 4) is 0 Å². The Morgan fingerprint density at radius 2 is 0.602 bits per heavy atom. The van der Waals surface area contributed by atoms with E-state index in [4.69, 9.17) is 32.3 Å². The van der Waals surface area contributed by atoms with Gasteiger partial charge in [-0.3, -0.25) is 32.5 Å². The number of aliphatic hydroxyl groups excluding tert-OH is 2. The summed E-state index contributed by atoms with van der Waals surface area (Å²) in [5.41, 5.74) is 0. The number of allylic oxidation sites excluding steroid dienone is 12. The molecule has 5 atom stereocenters. The number of phosphoric acid groups is 2. The average molecular weight is 1220 g/mol. The molecule has 0 bridgehead atoms. The summed E-state index contributed by atoms with van der Waals surface area (Å²) in [7, 11) is -9.76. The van der Waals surface area contributed by atoms with Gasteiger partial charge in [0.25, 0.3) is 0 Å². The van der Waals surface area contributed by atoms with Crippen LogP contribution in [-0.4, -0.2) is 95.9 Å². The first-order valence-electron chi connectivity index (χ1n) is 32.2. The molecule has 0 saturated carbocycles. The molecule has 0 amide bonds. The van der Waals surface area contributed by atoms with E-state index in [-0.39, 0.29) is 19.3 Å². The van der Waals surface area contributed by atoms with Gasteiger partial charge in [0.15, 0.2) is 6.10 Å². The molecule has 0 aliphatic heterocycles. The van der Waals surface area contributed by atoms with E-state index < -0.39 is 91.5 Å². The number of hydrogen-bond acceptors (Lipinski definition) is 14. The molecule has 0 heterocycles. The van der Waals surface area contributed by atoms with Gasteiger partial charge >= 0.3 is 33.6 Å². The van der Waals surface area contributed by atoms with Crippen LogP contribution in [0.2, 0.25) is 0 Å². The first kappa shape index (κ1) is 80.0. The lowest BCUT2D eigenvalue weighted by Gasteiger charge is -2.21. The van der Waals surface area contributed by atoms with E-state index in [9.17, 15) is 43.5 Å². The maximum absolute atomic E-state index is 12.8. The van der Waals surface area contributed by atoms with Crippen molar-refractivity contribution in [2.45, 2.75) is 283 Å². The van der Waals surface area contributed by atoms with Crippen LogP contribution in [0, 0.1) is 0 Å². The Labute approximate surface area is 503 Å². The predicted octanol–water partition coefficient (Wildman–Crippen LogP) is 17.2. The summed E-state index contributed by atoms with van der Waals surface area (Å²) in [4.78, 5) is 58.1. The second kappa shape index (κ2) is 59.3. The monoisotopic (exact) mass is 1210 g/mol. The second-order valence-electron chi connectivity index (χ2n) is 21.6.